The molecule has 0 aliphatic heterocycles. The van der Waals surface area contributed by atoms with Crippen LogP contribution in [-0.2, 0) is 16.6 Å². The summed E-state index contributed by atoms with van der Waals surface area (Å²) in [5.41, 5.74) is 6.32. The van der Waals surface area contributed by atoms with Crippen LogP contribution >= 0.6 is 11.3 Å². The lowest BCUT2D eigenvalue weighted by Gasteiger charge is -2.10. The molecule has 7 nitrogen and oxygen atoms in total. The summed E-state index contributed by atoms with van der Waals surface area (Å²) in [6.45, 7) is 2.44. The average molecular weight is 330 g/mol. The molecule has 1 unspecified atom stereocenters. The zero-order chi connectivity index (χ0) is 15.5. The van der Waals surface area contributed by atoms with E-state index in [9.17, 15) is 13.5 Å². The van der Waals surface area contributed by atoms with E-state index in [1.54, 1.807) is 11.4 Å². The number of nitrogens with zero attached hydrogens (tertiary/aromatic N) is 2. The van der Waals surface area contributed by atoms with Gasteiger partial charge in [0.1, 0.15) is 4.90 Å². The molecule has 0 amide bonds. The maximum absolute atomic E-state index is 12.2. The van der Waals surface area contributed by atoms with Crippen molar-refractivity contribution in [2.75, 3.05) is 12.3 Å². The first-order valence-electron chi connectivity index (χ1n) is 6.46. The Balaban J connectivity index is 2.08. The number of aliphatic hydroxyl groups excluding tert-OH is 1. The van der Waals surface area contributed by atoms with E-state index in [2.05, 4.69) is 9.82 Å². The zero-order valence-corrected chi connectivity index (χ0v) is 13.2. The number of sulfonamides is 1. The standard InChI is InChI=1S/C12H18N4O3S2/c1-2-4-16-7-11(12(13)15-16)21(18,19)14-6-10(17)9-3-5-20-8-9/h3,5,7-8,10,14,17H,2,4,6H2,1H3,(H2,13,15). The first kappa shape index (κ1) is 16.0. The number of nitrogens with one attached hydrogen (secondary N) is 1. The lowest BCUT2D eigenvalue weighted by molar-refractivity contribution is 0.182. The van der Waals surface area contributed by atoms with Gasteiger partial charge in [0.15, 0.2) is 5.82 Å². The Kier molecular flexibility index (Phi) is 4.99. The highest BCUT2D eigenvalue weighted by molar-refractivity contribution is 7.89. The maximum atomic E-state index is 12.2. The number of aryl methyl sites for hydroxylation is 1. The Morgan fingerprint density at radius 3 is 2.95 bits per heavy atom. The molecule has 0 aliphatic rings. The minimum Gasteiger partial charge on any atom is -0.387 e. The van der Waals surface area contributed by atoms with Crippen molar-refractivity contribution in [3.05, 3.63) is 28.6 Å². The van der Waals surface area contributed by atoms with Gasteiger partial charge in [-0.15, -0.1) is 0 Å². The number of nitrogens with two attached hydrogens (primary N) is 1. The molecular weight excluding hydrogens is 312 g/mol. The third kappa shape index (κ3) is 3.82. The fourth-order valence-electron chi connectivity index (χ4n) is 1.82. The van der Waals surface area contributed by atoms with Crippen LogP contribution in [0.1, 0.15) is 25.0 Å². The summed E-state index contributed by atoms with van der Waals surface area (Å²) in [6.07, 6.45) is 1.33. The Morgan fingerprint density at radius 1 is 1.57 bits per heavy atom. The second-order valence-electron chi connectivity index (χ2n) is 4.57. The summed E-state index contributed by atoms with van der Waals surface area (Å²) in [5.74, 6) is -0.0408. The summed E-state index contributed by atoms with van der Waals surface area (Å²) in [4.78, 5) is -0.0616. The van der Waals surface area contributed by atoms with Gasteiger partial charge in [0, 0.05) is 19.3 Å². The van der Waals surface area contributed by atoms with Crippen LogP contribution in [0.5, 0.6) is 0 Å². The Labute approximate surface area is 127 Å². The van der Waals surface area contributed by atoms with E-state index in [1.807, 2.05) is 12.3 Å². The number of nitrogen functional groups attached to an aromatic ring is 1. The van der Waals surface area contributed by atoms with E-state index in [0.29, 0.717) is 12.1 Å². The molecule has 2 aromatic heterocycles. The predicted octanol–water partition coefficient (Wildman–Crippen LogP) is 0.949. The molecular formula is C12H18N4O3S2. The van der Waals surface area contributed by atoms with Gasteiger partial charge in [-0.25, -0.2) is 13.1 Å². The van der Waals surface area contributed by atoms with Crippen LogP contribution in [0.15, 0.2) is 27.9 Å². The topological polar surface area (TPSA) is 110 Å². The van der Waals surface area contributed by atoms with Crippen molar-refractivity contribution in [2.45, 2.75) is 30.9 Å². The molecule has 0 saturated carbocycles. The molecule has 2 rings (SSSR count). The molecule has 4 N–H and O–H groups in total. The SMILES string of the molecule is CCCn1cc(S(=O)(=O)NCC(O)c2ccsc2)c(N)n1. The van der Waals surface area contributed by atoms with Gasteiger partial charge in [-0.3, -0.25) is 4.68 Å². The highest BCUT2D eigenvalue weighted by Crippen LogP contribution is 2.19. The number of thiophene rings is 1. The van der Waals surface area contributed by atoms with Crippen LogP contribution in [-0.4, -0.2) is 29.8 Å². The Bertz CT molecular complexity index is 679. The van der Waals surface area contributed by atoms with Crippen molar-refractivity contribution in [1.29, 1.82) is 0 Å². The van der Waals surface area contributed by atoms with Crippen LogP contribution in [0.25, 0.3) is 0 Å². The van der Waals surface area contributed by atoms with Crippen molar-refractivity contribution in [2.24, 2.45) is 0 Å². The van der Waals surface area contributed by atoms with E-state index in [0.717, 1.165) is 6.42 Å². The molecule has 0 radical (unpaired) electrons. The highest BCUT2D eigenvalue weighted by atomic mass is 32.2. The number of hydrogen-bond acceptors (Lipinski definition) is 6. The second-order valence-corrected chi connectivity index (χ2v) is 7.08. The molecule has 0 bridgehead atoms. The largest absolute Gasteiger partial charge is 0.387 e. The van der Waals surface area contributed by atoms with Gasteiger partial charge in [-0.2, -0.15) is 16.4 Å². The summed E-state index contributed by atoms with van der Waals surface area (Å²) < 4.78 is 28.2. The zero-order valence-electron chi connectivity index (χ0n) is 11.6. The normalized spacial score (nSPS) is 13.4. The number of rotatable bonds is 7. The molecule has 0 aliphatic carbocycles. The van der Waals surface area contributed by atoms with Crippen molar-refractivity contribution in [1.82, 2.24) is 14.5 Å². The Morgan fingerprint density at radius 2 is 2.33 bits per heavy atom. The molecule has 21 heavy (non-hydrogen) atoms. The predicted molar refractivity (Wildman–Crippen MR) is 81.4 cm³/mol. The molecule has 0 saturated heterocycles. The van der Waals surface area contributed by atoms with Gasteiger partial charge >= 0.3 is 0 Å². The first-order chi connectivity index (χ1) is 9.94. The van der Waals surface area contributed by atoms with Crippen LogP contribution in [0.3, 0.4) is 0 Å². The fraction of sp³-hybridized carbons (Fsp3) is 0.417. The van der Waals surface area contributed by atoms with Crippen LogP contribution in [0, 0.1) is 0 Å². The number of aromatic nitrogens is 2. The van der Waals surface area contributed by atoms with Gasteiger partial charge in [0.05, 0.1) is 6.10 Å². The van der Waals surface area contributed by atoms with Crippen LogP contribution in [0.4, 0.5) is 5.82 Å². The average Bonchev–Trinajstić information content (AvgIpc) is 3.06. The molecule has 2 aromatic rings. The van der Waals surface area contributed by atoms with E-state index in [4.69, 9.17) is 5.73 Å². The minimum atomic E-state index is -3.79. The monoisotopic (exact) mass is 330 g/mol. The third-order valence-corrected chi connectivity index (χ3v) is 5.03. The van der Waals surface area contributed by atoms with Crippen molar-refractivity contribution >= 4 is 27.2 Å². The number of anilines is 1. The lowest BCUT2D eigenvalue weighted by Crippen LogP contribution is -2.28. The maximum Gasteiger partial charge on any atom is 0.245 e. The summed E-state index contributed by atoms with van der Waals surface area (Å²) >= 11 is 1.44. The molecule has 0 fully saturated rings. The van der Waals surface area contributed by atoms with Crippen LogP contribution < -0.4 is 10.5 Å². The van der Waals surface area contributed by atoms with E-state index >= 15 is 0 Å². The molecule has 116 valence electrons. The molecule has 9 heteroatoms. The molecule has 0 spiro atoms. The summed E-state index contributed by atoms with van der Waals surface area (Å²) in [6, 6.07) is 1.75. The summed E-state index contributed by atoms with van der Waals surface area (Å²) in [5, 5.41) is 17.5. The van der Waals surface area contributed by atoms with E-state index in [1.165, 1.54) is 22.2 Å². The summed E-state index contributed by atoms with van der Waals surface area (Å²) in [7, 11) is -3.79. The van der Waals surface area contributed by atoms with Gasteiger partial charge in [0.2, 0.25) is 10.0 Å². The van der Waals surface area contributed by atoms with E-state index < -0.39 is 16.1 Å². The van der Waals surface area contributed by atoms with E-state index in [-0.39, 0.29) is 17.3 Å². The number of aliphatic hydroxyl groups is 1. The molecule has 2 heterocycles. The molecule has 1 atom stereocenters. The van der Waals surface area contributed by atoms with Crippen molar-refractivity contribution in [3.63, 3.8) is 0 Å². The smallest absolute Gasteiger partial charge is 0.245 e. The fourth-order valence-corrected chi connectivity index (χ4v) is 3.63. The highest BCUT2D eigenvalue weighted by Gasteiger charge is 2.22. The third-order valence-electron chi connectivity index (χ3n) is 2.89. The molecule has 0 aromatic carbocycles. The second kappa shape index (κ2) is 6.56. The van der Waals surface area contributed by atoms with Crippen LogP contribution in [0.2, 0.25) is 0 Å². The van der Waals surface area contributed by atoms with Crippen molar-refractivity contribution in [3.8, 4) is 0 Å². The Hall–Kier alpha value is -1.42. The van der Waals surface area contributed by atoms with Crippen molar-refractivity contribution < 1.29 is 13.5 Å². The van der Waals surface area contributed by atoms with Gasteiger partial charge in [-0.1, -0.05) is 6.92 Å². The quantitative estimate of drug-likeness (QED) is 0.700. The minimum absolute atomic E-state index is 0.0408. The van der Waals surface area contributed by atoms with Gasteiger partial charge < -0.3 is 10.8 Å². The lowest BCUT2D eigenvalue weighted by atomic mass is 10.2. The number of hydrogen-bond donors (Lipinski definition) is 3. The first-order valence-corrected chi connectivity index (χ1v) is 8.89. The van der Waals surface area contributed by atoms with Gasteiger partial charge in [-0.05, 0) is 28.8 Å². The van der Waals surface area contributed by atoms with Gasteiger partial charge in [0.25, 0.3) is 0 Å².